The van der Waals surface area contributed by atoms with Gasteiger partial charge in [0, 0.05) is 13.1 Å². The summed E-state index contributed by atoms with van der Waals surface area (Å²) >= 11 is 0. The number of nitrogens with zero attached hydrogens (tertiary/aromatic N) is 1. The molecule has 0 fully saturated rings. The average Bonchev–Trinajstić information content (AvgIpc) is 2.56. The largest absolute Gasteiger partial charge is 0.495 e. The summed E-state index contributed by atoms with van der Waals surface area (Å²) in [6.45, 7) is 2.62. The number of ether oxygens (including phenoxy) is 1. The molecule has 0 saturated carbocycles. The lowest BCUT2D eigenvalue weighted by Crippen LogP contribution is -2.28. The Hall–Kier alpha value is -2.00. The van der Waals surface area contributed by atoms with E-state index < -0.39 is 0 Å². The van der Waals surface area contributed by atoms with Crippen LogP contribution in [-0.2, 0) is 6.42 Å². The van der Waals surface area contributed by atoms with Crippen LogP contribution in [0.3, 0.4) is 0 Å². The van der Waals surface area contributed by atoms with E-state index in [-0.39, 0.29) is 0 Å². The van der Waals surface area contributed by atoms with E-state index in [0.717, 1.165) is 37.4 Å². The Kier molecular flexibility index (Phi) is 6.10. The Morgan fingerprint density at radius 3 is 2.38 bits per heavy atom. The number of rotatable bonds is 8. The number of para-hydroxylation sites is 2. The van der Waals surface area contributed by atoms with E-state index in [9.17, 15) is 0 Å². The Morgan fingerprint density at radius 1 is 0.952 bits per heavy atom. The number of methoxy groups -OCH3 is 1. The van der Waals surface area contributed by atoms with Crippen molar-refractivity contribution in [3.05, 3.63) is 60.2 Å². The maximum absolute atomic E-state index is 5.67. The van der Waals surface area contributed by atoms with Gasteiger partial charge in [-0.1, -0.05) is 42.5 Å². The van der Waals surface area contributed by atoms with Crippen LogP contribution in [0.1, 0.15) is 12.0 Å². The van der Waals surface area contributed by atoms with Crippen LogP contribution in [0.4, 0.5) is 5.69 Å². The molecule has 0 bridgehead atoms. The van der Waals surface area contributed by atoms with Crippen LogP contribution in [0.25, 0.3) is 0 Å². The van der Waals surface area contributed by atoms with Gasteiger partial charge in [-0.05, 0) is 37.1 Å². The average molecular weight is 284 g/mol. The minimum absolute atomic E-state index is 0.705. The van der Waals surface area contributed by atoms with Gasteiger partial charge >= 0.3 is 0 Å². The SMILES string of the molecule is COc1ccccc1N(CCCN)CCc1ccccc1. The first-order valence-electron chi connectivity index (χ1n) is 7.47. The molecule has 2 rings (SSSR count). The van der Waals surface area contributed by atoms with Gasteiger partial charge in [-0.2, -0.15) is 0 Å². The van der Waals surface area contributed by atoms with Crippen molar-refractivity contribution in [2.75, 3.05) is 31.6 Å². The minimum Gasteiger partial charge on any atom is -0.495 e. The summed E-state index contributed by atoms with van der Waals surface area (Å²) in [7, 11) is 1.72. The maximum Gasteiger partial charge on any atom is 0.142 e. The quantitative estimate of drug-likeness (QED) is 0.809. The van der Waals surface area contributed by atoms with Gasteiger partial charge in [0.1, 0.15) is 5.75 Å². The van der Waals surface area contributed by atoms with Crippen molar-refractivity contribution >= 4 is 5.69 Å². The van der Waals surface area contributed by atoms with Gasteiger partial charge in [-0.15, -0.1) is 0 Å². The number of anilines is 1. The lowest BCUT2D eigenvalue weighted by molar-refractivity contribution is 0.414. The summed E-state index contributed by atoms with van der Waals surface area (Å²) < 4.78 is 5.49. The highest BCUT2D eigenvalue weighted by Gasteiger charge is 2.11. The highest BCUT2D eigenvalue weighted by Crippen LogP contribution is 2.27. The molecule has 0 heterocycles. The molecule has 0 saturated heterocycles. The molecule has 2 N–H and O–H groups in total. The summed E-state index contributed by atoms with van der Waals surface area (Å²) in [4.78, 5) is 2.36. The van der Waals surface area contributed by atoms with Crippen LogP contribution >= 0.6 is 0 Å². The van der Waals surface area contributed by atoms with Crippen LogP contribution in [0.2, 0.25) is 0 Å². The number of nitrogens with two attached hydrogens (primary N) is 1. The second-order valence-corrected chi connectivity index (χ2v) is 5.04. The van der Waals surface area contributed by atoms with Gasteiger partial charge in [0.15, 0.2) is 0 Å². The molecule has 0 aromatic heterocycles. The molecule has 3 heteroatoms. The van der Waals surface area contributed by atoms with Gasteiger partial charge in [0.05, 0.1) is 12.8 Å². The molecule has 0 atom stereocenters. The second kappa shape index (κ2) is 8.32. The number of hydrogen-bond donors (Lipinski definition) is 1. The summed E-state index contributed by atoms with van der Waals surface area (Å²) in [5.41, 5.74) is 8.17. The summed E-state index contributed by atoms with van der Waals surface area (Å²) in [5.74, 6) is 0.919. The van der Waals surface area contributed by atoms with Gasteiger partial charge in [-0.3, -0.25) is 0 Å². The molecular weight excluding hydrogens is 260 g/mol. The summed E-state index contributed by atoms with van der Waals surface area (Å²) in [5, 5.41) is 0. The molecule has 21 heavy (non-hydrogen) atoms. The molecule has 2 aromatic carbocycles. The van der Waals surface area contributed by atoms with Crippen molar-refractivity contribution in [3.8, 4) is 5.75 Å². The molecular formula is C18H24N2O. The predicted molar refractivity (Wildman–Crippen MR) is 89.0 cm³/mol. The molecule has 0 radical (unpaired) electrons. The molecule has 0 amide bonds. The fourth-order valence-electron chi connectivity index (χ4n) is 2.43. The first-order valence-corrected chi connectivity index (χ1v) is 7.47. The fraction of sp³-hybridized carbons (Fsp3) is 0.333. The van der Waals surface area contributed by atoms with Crippen LogP contribution in [-0.4, -0.2) is 26.7 Å². The van der Waals surface area contributed by atoms with Gasteiger partial charge < -0.3 is 15.4 Å². The zero-order chi connectivity index (χ0) is 14.9. The van der Waals surface area contributed by atoms with E-state index >= 15 is 0 Å². The van der Waals surface area contributed by atoms with Crippen molar-refractivity contribution in [1.82, 2.24) is 0 Å². The highest BCUT2D eigenvalue weighted by atomic mass is 16.5. The standard InChI is InChI=1S/C18H24N2O/c1-21-18-11-6-5-10-17(18)20(14-7-13-19)15-12-16-8-3-2-4-9-16/h2-6,8-11H,7,12-15,19H2,1H3. The van der Waals surface area contributed by atoms with Crippen molar-refractivity contribution in [3.63, 3.8) is 0 Å². The van der Waals surface area contributed by atoms with Crippen molar-refractivity contribution in [1.29, 1.82) is 0 Å². The van der Waals surface area contributed by atoms with Crippen molar-refractivity contribution in [2.24, 2.45) is 5.73 Å². The smallest absolute Gasteiger partial charge is 0.142 e. The molecule has 3 nitrogen and oxygen atoms in total. The summed E-state index contributed by atoms with van der Waals surface area (Å²) in [6, 6.07) is 18.7. The number of benzene rings is 2. The van der Waals surface area contributed by atoms with Crippen molar-refractivity contribution in [2.45, 2.75) is 12.8 Å². The van der Waals surface area contributed by atoms with Gasteiger partial charge in [0.2, 0.25) is 0 Å². The molecule has 0 aliphatic heterocycles. The highest BCUT2D eigenvalue weighted by molar-refractivity contribution is 5.58. The van der Waals surface area contributed by atoms with Crippen LogP contribution < -0.4 is 15.4 Å². The number of hydrogen-bond acceptors (Lipinski definition) is 3. The van der Waals surface area contributed by atoms with Crippen LogP contribution in [0.15, 0.2) is 54.6 Å². The first kappa shape index (κ1) is 15.4. The van der Waals surface area contributed by atoms with Crippen LogP contribution in [0, 0.1) is 0 Å². The lowest BCUT2D eigenvalue weighted by atomic mass is 10.1. The fourth-order valence-corrected chi connectivity index (χ4v) is 2.43. The summed E-state index contributed by atoms with van der Waals surface area (Å²) in [6.07, 6.45) is 2.00. The third-order valence-corrected chi connectivity index (χ3v) is 3.57. The molecule has 0 unspecified atom stereocenters. The zero-order valence-corrected chi connectivity index (χ0v) is 12.7. The first-order chi connectivity index (χ1) is 10.3. The predicted octanol–water partition coefficient (Wildman–Crippen LogP) is 3.09. The Bertz CT molecular complexity index is 528. The van der Waals surface area contributed by atoms with Gasteiger partial charge in [-0.25, -0.2) is 0 Å². The molecule has 112 valence electrons. The van der Waals surface area contributed by atoms with Crippen molar-refractivity contribution < 1.29 is 4.74 Å². The monoisotopic (exact) mass is 284 g/mol. The topological polar surface area (TPSA) is 38.5 Å². The van der Waals surface area contributed by atoms with E-state index in [4.69, 9.17) is 10.5 Å². The Labute approximate surface area is 127 Å². The Morgan fingerprint density at radius 2 is 1.67 bits per heavy atom. The normalized spacial score (nSPS) is 10.4. The van der Waals surface area contributed by atoms with E-state index in [1.54, 1.807) is 7.11 Å². The third-order valence-electron chi connectivity index (χ3n) is 3.57. The van der Waals surface area contributed by atoms with E-state index in [1.165, 1.54) is 5.56 Å². The van der Waals surface area contributed by atoms with E-state index in [1.807, 2.05) is 12.1 Å². The lowest BCUT2D eigenvalue weighted by Gasteiger charge is -2.26. The third kappa shape index (κ3) is 4.50. The van der Waals surface area contributed by atoms with E-state index in [2.05, 4.69) is 47.4 Å². The minimum atomic E-state index is 0.705. The molecule has 2 aromatic rings. The van der Waals surface area contributed by atoms with Crippen LogP contribution in [0.5, 0.6) is 5.75 Å². The van der Waals surface area contributed by atoms with Gasteiger partial charge in [0.25, 0.3) is 0 Å². The molecule has 0 aliphatic rings. The molecule has 0 spiro atoms. The second-order valence-electron chi connectivity index (χ2n) is 5.04. The Balaban J connectivity index is 2.10. The molecule has 0 aliphatic carbocycles. The maximum atomic E-state index is 5.67. The zero-order valence-electron chi connectivity index (χ0n) is 12.7. The van der Waals surface area contributed by atoms with E-state index in [0.29, 0.717) is 6.54 Å².